The van der Waals surface area contributed by atoms with Crippen LogP contribution in [0, 0.1) is 11.7 Å². The van der Waals surface area contributed by atoms with E-state index in [0.29, 0.717) is 12.0 Å². The van der Waals surface area contributed by atoms with Crippen molar-refractivity contribution in [2.24, 2.45) is 5.92 Å². The molecule has 1 aromatic carbocycles. The Kier molecular flexibility index (Phi) is 4.08. The third-order valence-electron chi connectivity index (χ3n) is 3.86. The van der Waals surface area contributed by atoms with Gasteiger partial charge in [-0.2, -0.15) is 0 Å². The largest absolute Gasteiger partial charge is 0.489 e. The molecule has 1 aliphatic carbocycles. The van der Waals surface area contributed by atoms with Crippen molar-refractivity contribution >= 4 is 15.9 Å². The Hall–Kier alpha value is -0.610. The molecule has 0 radical (unpaired) electrons. The third-order valence-corrected chi connectivity index (χ3v) is 4.45. The first-order valence-electron chi connectivity index (χ1n) is 7.07. The second-order valence-corrected chi connectivity index (χ2v) is 6.44. The van der Waals surface area contributed by atoms with E-state index in [-0.39, 0.29) is 5.82 Å². The van der Waals surface area contributed by atoms with Gasteiger partial charge in [-0.25, -0.2) is 4.39 Å². The Bertz CT molecular complexity index is 456. The molecule has 0 spiro atoms. The van der Waals surface area contributed by atoms with Gasteiger partial charge in [0, 0.05) is 0 Å². The molecule has 104 valence electrons. The summed E-state index contributed by atoms with van der Waals surface area (Å²) in [6.07, 6.45) is 5.83. The quantitative estimate of drug-likeness (QED) is 0.911. The highest BCUT2D eigenvalue weighted by atomic mass is 79.9. The SMILES string of the molecule is Fc1cc(Br)c(OC2CC2)c(CC2CCNCC2)c1. The Labute approximate surface area is 121 Å². The molecule has 1 N–H and O–H groups in total. The highest BCUT2D eigenvalue weighted by molar-refractivity contribution is 9.10. The maximum Gasteiger partial charge on any atom is 0.137 e. The smallest absolute Gasteiger partial charge is 0.137 e. The molecule has 0 aromatic heterocycles. The maximum atomic E-state index is 13.6. The number of benzene rings is 1. The molecule has 19 heavy (non-hydrogen) atoms. The number of hydrogen-bond donors (Lipinski definition) is 1. The van der Waals surface area contributed by atoms with Gasteiger partial charge >= 0.3 is 0 Å². The van der Waals surface area contributed by atoms with Crippen LogP contribution >= 0.6 is 15.9 Å². The van der Waals surface area contributed by atoms with Gasteiger partial charge in [0.25, 0.3) is 0 Å². The Morgan fingerprint density at radius 2 is 1.95 bits per heavy atom. The van der Waals surface area contributed by atoms with Crippen LogP contribution in [0.3, 0.4) is 0 Å². The zero-order chi connectivity index (χ0) is 13.2. The van der Waals surface area contributed by atoms with Crippen molar-refractivity contribution in [1.82, 2.24) is 5.32 Å². The molecular weight excluding hydrogens is 309 g/mol. The zero-order valence-corrected chi connectivity index (χ0v) is 12.5. The summed E-state index contributed by atoms with van der Waals surface area (Å²) in [5, 5.41) is 3.37. The van der Waals surface area contributed by atoms with Gasteiger partial charge in [0.15, 0.2) is 0 Å². The van der Waals surface area contributed by atoms with E-state index in [1.54, 1.807) is 6.07 Å². The predicted molar refractivity (Wildman–Crippen MR) is 77.0 cm³/mol. The Morgan fingerprint density at radius 1 is 1.21 bits per heavy atom. The van der Waals surface area contributed by atoms with E-state index in [1.807, 2.05) is 0 Å². The van der Waals surface area contributed by atoms with E-state index < -0.39 is 0 Å². The van der Waals surface area contributed by atoms with Crippen molar-refractivity contribution in [3.63, 3.8) is 0 Å². The second kappa shape index (κ2) is 5.80. The standard InChI is InChI=1S/C15H19BrFNO/c16-14-9-12(17)8-11(15(14)19-13-1-2-13)7-10-3-5-18-6-4-10/h8-10,13,18H,1-7H2. The van der Waals surface area contributed by atoms with Crippen molar-refractivity contribution < 1.29 is 9.13 Å². The summed E-state index contributed by atoms with van der Waals surface area (Å²) in [4.78, 5) is 0. The first kappa shape index (κ1) is 13.4. The van der Waals surface area contributed by atoms with Crippen LogP contribution in [0.4, 0.5) is 4.39 Å². The van der Waals surface area contributed by atoms with Gasteiger partial charge in [-0.3, -0.25) is 0 Å². The average Bonchev–Trinajstić information content (AvgIpc) is 3.19. The highest BCUT2D eigenvalue weighted by Gasteiger charge is 2.27. The number of nitrogens with one attached hydrogen (secondary N) is 1. The van der Waals surface area contributed by atoms with E-state index in [2.05, 4.69) is 21.2 Å². The van der Waals surface area contributed by atoms with E-state index in [4.69, 9.17) is 4.74 Å². The normalized spacial score (nSPS) is 20.5. The van der Waals surface area contributed by atoms with Gasteiger partial charge in [-0.1, -0.05) is 0 Å². The van der Waals surface area contributed by atoms with Gasteiger partial charge in [0.2, 0.25) is 0 Å². The lowest BCUT2D eigenvalue weighted by Crippen LogP contribution is -2.28. The van der Waals surface area contributed by atoms with Crippen LogP contribution in [0.15, 0.2) is 16.6 Å². The maximum absolute atomic E-state index is 13.6. The minimum Gasteiger partial charge on any atom is -0.489 e. The minimum absolute atomic E-state index is 0.182. The van der Waals surface area contributed by atoms with Crippen LogP contribution in [0.25, 0.3) is 0 Å². The van der Waals surface area contributed by atoms with Gasteiger partial charge in [-0.15, -0.1) is 0 Å². The molecule has 1 aliphatic heterocycles. The molecule has 3 rings (SSSR count). The number of piperidine rings is 1. The monoisotopic (exact) mass is 327 g/mol. The summed E-state index contributed by atoms with van der Waals surface area (Å²) in [7, 11) is 0. The van der Waals surface area contributed by atoms with Crippen molar-refractivity contribution in [2.75, 3.05) is 13.1 Å². The van der Waals surface area contributed by atoms with Crippen molar-refractivity contribution in [2.45, 2.75) is 38.2 Å². The van der Waals surface area contributed by atoms with E-state index in [1.165, 1.54) is 6.07 Å². The molecule has 0 unspecified atom stereocenters. The zero-order valence-electron chi connectivity index (χ0n) is 10.9. The number of rotatable bonds is 4. The van der Waals surface area contributed by atoms with Crippen LogP contribution in [0.2, 0.25) is 0 Å². The molecule has 2 aliphatic rings. The van der Waals surface area contributed by atoms with Crippen molar-refractivity contribution in [3.05, 3.63) is 28.0 Å². The fourth-order valence-electron chi connectivity index (χ4n) is 2.65. The van der Waals surface area contributed by atoms with Crippen LogP contribution in [-0.4, -0.2) is 19.2 Å². The van der Waals surface area contributed by atoms with Crippen LogP contribution in [-0.2, 0) is 6.42 Å². The first-order valence-corrected chi connectivity index (χ1v) is 7.87. The van der Waals surface area contributed by atoms with Gasteiger partial charge in [-0.05, 0) is 84.7 Å². The highest BCUT2D eigenvalue weighted by Crippen LogP contribution is 2.37. The van der Waals surface area contributed by atoms with Crippen molar-refractivity contribution in [3.8, 4) is 5.75 Å². The lowest BCUT2D eigenvalue weighted by molar-refractivity contribution is 0.292. The molecule has 1 heterocycles. The number of hydrogen-bond acceptors (Lipinski definition) is 2. The Balaban J connectivity index is 1.80. The van der Waals surface area contributed by atoms with Crippen molar-refractivity contribution in [1.29, 1.82) is 0 Å². The molecule has 1 saturated heterocycles. The summed E-state index contributed by atoms with van der Waals surface area (Å²) in [5.41, 5.74) is 1.02. The van der Waals surface area contributed by atoms with Crippen LogP contribution in [0.1, 0.15) is 31.2 Å². The Morgan fingerprint density at radius 3 is 2.63 bits per heavy atom. The molecule has 0 amide bonds. The molecule has 0 atom stereocenters. The molecule has 0 bridgehead atoms. The van der Waals surface area contributed by atoms with Gasteiger partial charge in [0.1, 0.15) is 11.6 Å². The first-order chi connectivity index (χ1) is 9.22. The lowest BCUT2D eigenvalue weighted by atomic mass is 9.90. The number of halogens is 2. The summed E-state index contributed by atoms with van der Waals surface area (Å²) in [5.74, 6) is 1.32. The molecular formula is C15H19BrFNO. The minimum atomic E-state index is -0.182. The average molecular weight is 328 g/mol. The summed E-state index contributed by atoms with van der Waals surface area (Å²) in [6, 6.07) is 3.15. The lowest BCUT2D eigenvalue weighted by Gasteiger charge is -2.24. The second-order valence-electron chi connectivity index (χ2n) is 5.59. The van der Waals surface area contributed by atoms with E-state index >= 15 is 0 Å². The van der Waals surface area contributed by atoms with Crippen LogP contribution in [0.5, 0.6) is 5.75 Å². The molecule has 1 saturated carbocycles. The van der Waals surface area contributed by atoms with Gasteiger partial charge in [0.05, 0.1) is 10.6 Å². The summed E-state index contributed by atoms with van der Waals surface area (Å²) < 4.78 is 20.3. The summed E-state index contributed by atoms with van der Waals surface area (Å²) in [6.45, 7) is 2.14. The van der Waals surface area contributed by atoms with Crippen LogP contribution < -0.4 is 10.1 Å². The van der Waals surface area contributed by atoms with Gasteiger partial charge < -0.3 is 10.1 Å². The molecule has 2 fully saturated rings. The molecule has 2 nitrogen and oxygen atoms in total. The fraction of sp³-hybridized carbons (Fsp3) is 0.600. The summed E-state index contributed by atoms with van der Waals surface area (Å²) >= 11 is 3.44. The fourth-order valence-corrected chi connectivity index (χ4v) is 3.21. The predicted octanol–water partition coefficient (Wildman–Crippen LogP) is 3.67. The van der Waals surface area contributed by atoms with E-state index in [0.717, 1.165) is 61.0 Å². The van der Waals surface area contributed by atoms with E-state index in [9.17, 15) is 4.39 Å². The molecule has 1 aromatic rings. The number of ether oxygens (including phenoxy) is 1. The molecule has 4 heteroatoms. The topological polar surface area (TPSA) is 21.3 Å². The third kappa shape index (κ3) is 3.48.